The summed E-state index contributed by atoms with van der Waals surface area (Å²) in [7, 11) is 0. The molecule has 3 heterocycles. The minimum absolute atomic E-state index is 0.227. The highest BCUT2D eigenvalue weighted by Gasteiger charge is 2.49. The molecule has 0 atom stereocenters. The topological polar surface area (TPSA) is 42.4 Å². The van der Waals surface area contributed by atoms with Crippen LogP contribution in [-0.4, -0.2) is 4.98 Å². The fourth-order valence-electron chi connectivity index (χ4n) is 13.6. The van der Waals surface area contributed by atoms with Crippen LogP contribution in [0.4, 0.5) is 17.1 Å². The average Bonchev–Trinajstić information content (AvgIpc) is 4.09. The largest absolute Gasteiger partial charge is 0.455 e. The van der Waals surface area contributed by atoms with Crippen molar-refractivity contribution >= 4 is 60.9 Å². The summed E-state index contributed by atoms with van der Waals surface area (Å²) >= 11 is 0. The maximum Gasteiger partial charge on any atom is 0.144 e. The molecule has 0 spiro atoms. The Morgan fingerprint density at radius 3 is 1.62 bits per heavy atom. The standard InChI is InChI=1S/C65H52N2O2/c1-35-30-36(2)60(37(3)31-35)67(39-22-24-42-48(32-39)63(4,5)50-34-46(38-26-28-66-29-27-38)61-55(53(42)50)44-17-11-14-20-51(44)68-61)40-23-25-43-49(33-40)65(8,9)58-54(43)56-45-18-12-15-21-52(45)69-62(56)57-41-16-10-13-19-47(41)64(6,7)59(57)58/h10-34H,1-9H3. The Balaban J connectivity index is 1.01. The Hall–Kier alpha value is -7.69. The molecule has 0 radical (unpaired) electrons. The summed E-state index contributed by atoms with van der Waals surface area (Å²) in [4.78, 5) is 6.91. The lowest BCUT2D eigenvalue weighted by molar-refractivity contribution is 0.600. The van der Waals surface area contributed by atoms with Gasteiger partial charge in [0.2, 0.25) is 0 Å². The molecule has 0 N–H and O–H groups in total. The average molecular weight is 893 g/mol. The zero-order valence-electron chi connectivity index (χ0n) is 40.6. The summed E-state index contributed by atoms with van der Waals surface area (Å²) in [6.07, 6.45) is 3.75. The Kier molecular flexibility index (Phi) is 7.91. The first-order chi connectivity index (χ1) is 33.2. The van der Waals surface area contributed by atoms with E-state index in [4.69, 9.17) is 8.83 Å². The van der Waals surface area contributed by atoms with Crippen LogP contribution in [0.3, 0.4) is 0 Å². The lowest BCUT2D eigenvalue weighted by atomic mass is 9.72. The van der Waals surface area contributed by atoms with E-state index in [0.29, 0.717) is 0 Å². The number of benzene rings is 8. The van der Waals surface area contributed by atoms with Crippen LogP contribution in [0, 0.1) is 20.8 Å². The lowest BCUT2D eigenvalue weighted by Crippen LogP contribution is -2.24. The maximum atomic E-state index is 7.00. The molecule has 0 aliphatic heterocycles. The van der Waals surface area contributed by atoms with Gasteiger partial charge in [-0.05, 0) is 153 Å². The van der Waals surface area contributed by atoms with Gasteiger partial charge in [-0.3, -0.25) is 4.98 Å². The molecular weight excluding hydrogens is 841 g/mol. The van der Waals surface area contributed by atoms with Gasteiger partial charge < -0.3 is 13.7 Å². The number of nitrogens with zero attached hydrogens (tertiary/aromatic N) is 2. The summed E-state index contributed by atoms with van der Waals surface area (Å²) in [5, 5.41) is 4.71. The Morgan fingerprint density at radius 1 is 0.435 bits per heavy atom. The molecule has 0 amide bonds. The van der Waals surface area contributed by atoms with E-state index >= 15 is 0 Å². The van der Waals surface area contributed by atoms with E-state index in [1.165, 1.54) is 105 Å². The van der Waals surface area contributed by atoms with Crippen molar-refractivity contribution in [3.05, 3.63) is 202 Å². The number of furan rings is 2. The minimum atomic E-state index is -0.327. The highest BCUT2D eigenvalue weighted by Crippen LogP contribution is 2.64. The van der Waals surface area contributed by atoms with Gasteiger partial charge in [0.1, 0.15) is 22.3 Å². The number of aromatic nitrogens is 1. The fraction of sp³-hybridized carbons (Fsp3) is 0.185. The van der Waals surface area contributed by atoms with Gasteiger partial charge in [0.05, 0.1) is 5.69 Å². The molecule has 4 nitrogen and oxygen atoms in total. The SMILES string of the molecule is Cc1cc(C)c(N(c2ccc3c(c2)C(C)(C)c2cc(-c4ccncc4)c4oc5ccccc5c4c2-3)c2ccc3c(c2)C(C)(C)c2c4c(c5oc6ccccc6c5c2-3)-c2ccccc2C4(C)C)c(C)c1. The molecule has 69 heavy (non-hydrogen) atoms. The van der Waals surface area contributed by atoms with Crippen LogP contribution in [0.15, 0.2) is 161 Å². The Labute approximate surface area is 402 Å². The van der Waals surface area contributed by atoms with Gasteiger partial charge in [-0.2, -0.15) is 0 Å². The van der Waals surface area contributed by atoms with Crippen molar-refractivity contribution in [3.63, 3.8) is 0 Å². The van der Waals surface area contributed by atoms with E-state index in [0.717, 1.165) is 50.2 Å². The molecule has 11 aromatic rings. The van der Waals surface area contributed by atoms with Crippen molar-refractivity contribution in [1.29, 1.82) is 0 Å². The van der Waals surface area contributed by atoms with Gasteiger partial charge in [0.25, 0.3) is 0 Å². The highest BCUT2D eigenvalue weighted by atomic mass is 16.3. The molecule has 0 fully saturated rings. The van der Waals surface area contributed by atoms with Crippen LogP contribution in [-0.2, 0) is 16.2 Å². The lowest BCUT2D eigenvalue weighted by Gasteiger charge is -2.33. The van der Waals surface area contributed by atoms with Crippen molar-refractivity contribution < 1.29 is 8.83 Å². The van der Waals surface area contributed by atoms with Crippen LogP contribution < -0.4 is 4.90 Å². The fourth-order valence-corrected chi connectivity index (χ4v) is 13.6. The summed E-state index contributed by atoms with van der Waals surface area (Å²) in [6.45, 7) is 21.3. The predicted octanol–water partition coefficient (Wildman–Crippen LogP) is 17.9. The number of pyridine rings is 1. The number of rotatable bonds is 4. The summed E-state index contributed by atoms with van der Waals surface area (Å²) < 4.78 is 13.8. The normalized spacial score (nSPS) is 15.4. The Bertz CT molecular complexity index is 4060. The predicted molar refractivity (Wildman–Crippen MR) is 286 cm³/mol. The first-order valence-corrected chi connectivity index (χ1v) is 24.4. The molecule has 14 rings (SSSR count). The van der Waals surface area contributed by atoms with E-state index in [9.17, 15) is 0 Å². The summed E-state index contributed by atoms with van der Waals surface area (Å²) in [5.41, 5.74) is 28.1. The number of para-hydroxylation sites is 2. The molecule has 0 bridgehead atoms. The third-order valence-corrected chi connectivity index (χ3v) is 16.5. The Morgan fingerprint density at radius 2 is 0.957 bits per heavy atom. The van der Waals surface area contributed by atoms with Crippen molar-refractivity contribution in [2.75, 3.05) is 4.90 Å². The van der Waals surface area contributed by atoms with E-state index in [1.807, 2.05) is 12.4 Å². The van der Waals surface area contributed by atoms with Crippen molar-refractivity contribution in [2.45, 2.75) is 78.6 Å². The van der Waals surface area contributed by atoms with E-state index in [-0.39, 0.29) is 16.2 Å². The number of hydrogen-bond acceptors (Lipinski definition) is 4. The highest BCUT2D eigenvalue weighted by molar-refractivity contribution is 6.21. The van der Waals surface area contributed by atoms with Gasteiger partial charge in [0, 0.05) is 72.7 Å². The molecular formula is C65H52N2O2. The quantitative estimate of drug-likeness (QED) is 0.177. The van der Waals surface area contributed by atoms with Crippen LogP contribution in [0.5, 0.6) is 0 Å². The molecule has 8 aromatic carbocycles. The van der Waals surface area contributed by atoms with Crippen LogP contribution in [0.1, 0.15) is 91.6 Å². The molecule has 0 unspecified atom stereocenters. The number of fused-ring (bicyclic) bond motifs is 19. The van der Waals surface area contributed by atoms with Gasteiger partial charge >= 0.3 is 0 Å². The monoisotopic (exact) mass is 892 g/mol. The van der Waals surface area contributed by atoms with Crippen LogP contribution >= 0.6 is 0 Å². The molecule has 3 aliphatic carbocycles. The van der Waals surface area contributed by atoms with Gasteiger partial charge in [-0.25, -0.2) is 0 Å². The summed E-state index contributed by atoms with van der Waals surface area (Å²) in [6, 6.07) is 51.9. The molecule has 334 valence electrons. The first-order valence-electron chi connectivity index (χ1n) is 24.4. The number of aryl methyl sites for hydroxylation is 3. The minimum Gasteiger partial charge on any atom is -0.455 e. The van der Waals surface area contributed by atoms with Crippen molar-refractivity contribution in [2.24, 2.45) is 0 Å². The third-order valence-electron chi connectivity index (χ3n) is 16.5. The zero-order valence-corrected chi connectivity index (χ0v) is 40.6. The third kappa shape index (κ3) is 5.16. The molecule has 0 saturated carbocycles. The first kappa shape index (κ1) is 40.4. The van der Waals surface area contributed by atoms with Crippen molar-refractivity contribution in [3.8, 4) is 44.5 Å². The van der Waals surface area contributed by atoms with E-state index in [2.05, 4.69) is 212 Å². The van der Waals surface area contributed by atoms with E-state index < -0.39 is 0 Å². The maximum absolute atomic E-state index is 7.00. The zero-order chi connectivity index (χ0) is 47.0. The second-order valence-electron chi connectivity index (χ2n) is 21.7. The number of hydrogen-bond donors (Lipinski definition) is 0. The van der Waals surface area contributed by atoms with E-state index in [1.54, 1.807) is 0 Å². The summed E-state index contributed by atoms with van der Waals surface area (Å²) in [5.74, 6) is 0. The molecule has 0 saturated heterocycles. The second-order valence-corrected chi connectivity index (χ2v) is 21.7. The molecule has 3 aliphatic rings. The smallest absolute Gasteiger partial charge is 0.144 e. The van der Waals surface area contributed by atoms with Gasteiger partial charge in [-0.15, -0.1) is 0 Å². The van der Waals surface area contributed by atoms with Gasteiger partial charge in [0.15, 0.2) is 0 Å². The van der Waals surface area contributed by atoms with Gasteiger partial charge in [-0.1, -0.05) is 132 Å². The van der Waals surface area contributed by atoms with Crippen molar-refractivity contribution in [1.82, 2.24) is 4.98 Å². The number of anilines is 3. The molecule has 3 aromatic heterocycles. The van der Waals surface area contributed by atoms with Crippen LogP contribution in [0.2, 0.25) is 0 Å². The second kappa shape index (κ2) is 13.5. The van der Waals surface area contributed by atoms with Crippen LogP contribution in [0.25, 0.3) is 88.4 Å². The molecule has 4 heteroatoms.